The molecule has 3 N–H and O–H groups in total. The largest absolute Gasteiger partial charge is 0.726 e. The van der Waals surface area contributed by atoms with Gasteiger partial charge in [0.05, 0.1) is 21.2 Å². The van der Waals surface area contributed by atoms with E-state index in [4.69, 9.17) is 15.3 Å². The smallest absolute Gasteiger partial charge is 0.495 e. The normalized spacial score (nSPS) is 11.7. The van der Waals surface area contributed by atoms with Crippen LogP contribution in [-0.4, -0.2) is 77.2 Å². The number of ketones is 2. The average molecular weight is 741 g/mol. The maximum Gasteiger partial charge on any atom is 0.495 e. The van der Waals surface area contributed by atoms with Crippen LogP contribution in [0.3, 0.4) is 0 Å². The van der Waals surface area contributed by atoms with E-state index in [1.165, 1.54) is 38.4 Å². The molecule has 3 aromatic carbocycles. The van der Waals surface area contributed by atoms with Crippen LogP contribution in [-0.2, 0) is 34.9 Å². The quantitative estimate of drug-likeness (QED) is 0.0627. The Hall–Kier alpha value is -4.53. The predicted molar refractivity (Wildman–Crippen MR) is 165 cm³/mol. The lowest BCUT2D eigenvalue weighted by Crippen LogP contribution is -2.37. The second kappa shape index (κ2) is 19.6. The van der Waals surface area contributed by atoms with Crippen molar-refractivity contribution in [1.82, 2.24) is 4.57 Å². The van der Waals surface area contributed by atoms with Crippen LogP contribution in [0.25, 0.3) is 11.0 Å². The fourth-order valence-corrected chi connectivity index (χ4v) is 3.84. The number of carbonyl (C=O) groups excluding carboxylic acids is 3. The van der Waals surface area contributed by atoms with Gasteiger partial charge >= 0.3 is 18.2 Å². The number of para-hydroxylation sites is 2. The highest BCUT2D eigenvalue weighted by Gasteiger charge is 2.45. The molecule has 50 heavy (non-hydrogen) atoms. The van der Waals surface area contributed by atoms with Crippen LogP contribution in [0.15, 0.2) is 72.8 Å². The zero-order chi connectivity index (χ0) is 37.7. The summed E-state index contributed by atoms with van der Waals surface area (Å²) in [6.07, 6.45) is -10.9. The van der Waals surface area contributed by atoms with Crippen molar-refractivity contribution in [2.75, 3.05) is 20.3 Å². The molecule has 4 aromatic rings. The van der Waals surface area contributed by atoms with Gasteiger partial charge in [0.15, 0.2) is 28.7 Å². The highest BCUT2D eigenvalue weighted by Crippen LogP contribution is 2.32. The van der Waals surface area contributed by atoms with E-state index in [-0.39, 0.29) is 24.3 Å². The molecule has 0 amide bonds. The Bertz CT molecular complexity index is 1770. The molecule has 12 nitrogen and oxygen atoms in total. The van der Waals surface area contributed by atoms with E-state index in [0.29, 0.717) is 28.4 Å². The summed E-state index contributed by atoms with van der Waals surface area (Å²) >= 11 is 0. The lowest BCUT2D eigenvalue weighted by atomic mass is 10.0. The van der Waals surface area contributed by atoms with Gasteiger partial charge in [0.1, 0.15) is 19.5 Å². The van der Waals surface area contributed by atoms with Crippen LogP contribution in [0, 0.1) is 0 Å². The number of fused-ring (bicyclic) bond motifs is 1. The third kappa shape index (κ3) is 13.8. The average Bonchev–Trinajstić information content (AvgIpc) is 3.33. The third-order valence-electron chi connectivity index (χ3n) is 6.21. The first-order valence-corrected chi connectivity index (χ1v) is 14.7. The molecule has 0 aliphatic rings. The lowest BCUT2D eigenvalue weighted by molar-refractivity contribution is -0.667. The van der Waals surface area contributed by atoms with Gasteiger partial charge in [-0.05, 0) is 17.7 Å². The van der Waals surface area contributed by atoms with Gasteiger partial charge in [-0.25, -0.2) is 17.6 Å². The van der Waals surface area contributed by atoms with Crippen LogP contribution in [0.5, 0.6) is 0 Å². The number of nitrogens with zero attached hydrogens (tertiary/aromatic N) is 2. The SMILES string of the molecule is C.COS(=O)(=O)[O-].Cn1c(C(F)(F)F)[n+](C)c2ccccc21.O=C(CO)c1ccc(C(O)C(F)(F)F)cc1.O=Cc1ccc(C(=O)CO)cc1. The minimum Gasteiger partial charge on any atom is -0.726 e. The van der Waals surface area contributed by atoms with E-state index in [2.05, 4.69) is 4.18 Å². The molecular weight excluding hydrogens is 706 g/mol. The summed E-state index contributed by atoms with van der Waals surface area (Å²) in [7, 11) is -0.761. The van der Waals surface area contributed by atoms with Crippen molar-refractivity contribution in [2.24, 2.45) is 14.1 Å². The summed E-state index contributed by atoms with van der Waals surface area (Å²) in [5, 5.41) is 25.9. The lowest BCUT2D eigenvalue weighted by Gasteiger charge is -2.14. The summed E-state index contributed by atoms with van der Waals surface area (Å²) in [6.45, 7) is -1.21. The topological polar surface area (TPSA) is 187 Å². The van der Waals surface area contributed by atoms with Gasteiger partial charge in [-0.3, -0.25) is 18.6 Å². The van der Waals surface area contributed by atoms with Crippen LogP contribution in [0.2, 0.25) is 0 Å². The van der Waals surface area contributed by atoms with Crippen molar-refractivity contribution >= 4 is 39.3 Å². The number of imidazole rings is 1. The number of alkyl halides is 6. The number of aliphatic hydroxyl groups excluding tert-OH is 3. The Kier molecular flexibility index (Phi) is 17.8. The monoisotopic (exact) mass is 740 g/mol. The number of hydrogen-bond donors (Lipinski definition) is 3. The van der Waals surface area contributed by atoms with Crippen molar-refractivity contribution in [1.29, 1.82) is 0 Å². The first-order chi connectivity index (χ1) is 22.6. The Morgan fingerprint density at radius 3 is 1.66 bits per heavy atom. The van der Waals surface area contributed by atoms with Crippen LogP contribution in [0.1, 0.15) is 56.0 Å². The number of benzene rings is 3. The second-order valence-corrected chi connectivity index (χ2v) is 10.6. The second-order valence-electron chi connectivity index (χ2n) is 9.47. The Morgan fingerprint density at radius 2 is 1.32 bits per heavy atom. The van der Waals surface area contributed by atoms with E-state index in [9.17, 15) is 53.7 Å². The van der Waals surface area contributed by atoms with Gasteiger partial charge in [0.25, 0.3) is 0 Å². The first kappa shape index (κ1) is 45.5. The first-order valence-electron chi connectivity index (χ1n) is 13.3. The number of aromatic nitrogens is 2. The Morgan fingerprint density at radius 1 is 0.900 bits per heavy atom. The van der Waals surface area contributed by atoms with Gasteiger partial charge in [-0.1, -0.05) is 68.1 Å². The summed E-state index contributed by atoms with van der Waals surface area (Å²) in [5.41, 5.74) is 1.84. The Balaban J connectivity index is 0.000000665. The minimum absolute atomic E-state index is 0. The number of halogens is 6. The minimum atomic E-state index is -4.73. The molecule has 1 atom stereocenters. The van der Waals surface area contributed by atoms with Gasteiger partial charge in [0.2, 0.25) is 10.4 Å². The van der Waals surface area contributed by atoms with E-state index >= 15 is 0 Å². The molecule has 0 spiro atoms. The number of aldehydes is 1. The van der Waals surface area contributed by atoms with E-state index in [0.717, 1.165) is 40.5 Å². The molecule has 1 aromatic heterocycles. The molecule has 4 rings (SSSR count). The van der Waals surface area contributed by atoms with Crippen molar-refractivity contribution in [2.45, 2.75) is 25.9 Å². The highest BCUT2D eigenvalue weighted by atomic mass is 32.3. The summed E-state index contributed by atoms with van der Waals surface area (Å²) in [5.74, 6) is -1.58. The number of Topliss-reactive ketones (excluding diaryl/α,β-unsaturated/α-hetero) is 2. The molecular formula is C31H34F6N2O10S. The van der Waals surface area contributed by atoms with E-state index in [1.807, 2.05) is 0 Å². The van der Waals surface area contributed by atoms with Crippen LogP contribution in [0.4, 0.5) is 26.3 Å². The molecule has 276 valence electrons. The predicted octanol–water partition coefficient (Wildman–Crippen LogP) is 3.88. The summed E-state index contributed by atoms with van der Waals surface area (Å²) in [6, 6.07) is 17.2. The maximum absolute atomic E-state index is 12.7. The van der Waals surface area contributed by atoms with E-state index < -0.39 is 53.7 Å². The van der Waals surface area contributed by atoms with Crippen molar-refractivity contribution in [3.05, 3.63) is 101 Å². The third-order valence-corrected chi connectivity index (χ3v) is 6.62. The fourth-order valence-electron chi connectivity index (χ4n) is 3.84. The van der Waals surface area contributed by atoms with Gasteiger partial charge < -0.3 is 19.9 Å². The molecule has 0 aliphatic carbocycles. The number of hydrogen-bond acceptors (Lipinski definition) is 10. The fraction of sp³-hybridized carbons (Fsp3) is 0.290. The molecule has 19 heteroatoms. The molecule has 1 unspecified atom stereocenters. The molecule has 0 saturated heterocycles. The van der Waals surface area contributed by atoms with Crippen molar-refractivity contribution in [3.63, 3.8) is 0 Å². The Labute approximate surface area is 282 Å². The number of carbonyl (C=O) groups is 3. The molecule has 0 fully saturated rings. The highest BCUT2D eigenvalue weighted by molar-refractivity contribution is 7.80. The number of aliphatic hydroxyl groups is 3. The van der Waals surface area contributed by atoms with Crippen LogP contribution < -0.4 is 4.57 Å². The molecule has 0 radical (unpaired) electrons. The summed E-state index contributed by atoms with van der Waals surface area (Å²) < 4.78 is 108. The summed E-state index contributed by atoms with van der Waals surface area (Å²) in [4.78, 5) is 32.1. The van der Waals surface area contributed by atoms with Gasteiger partial charge in [-0.2, -0.15) is 26.3 Å². The zero-order valence-electron chi connectivity index (χ0n) is 25.8. The molecule has 1 heterocycles. The van der Waals surface area contributed by atoms with E-state index in [1.54, 1.807) is 24.3 Å². The van der Waals surface area contributed by atoms with Crippen molar-refractivity contribution in [3.8, 4) is 0 Å². The van der Waals surface area contributed by atoms with Crippen LogP contribution >= 0.6 is 0 Å². The maximum atomic E-state index is 12.7. The van der Waals surface area contributed by atoms with Gasteiger partial charge in [0, 0.05) is 16.7 Å². The standard InChI is InChI=1S/C10H10F3N2.C10H9F3O3.C9H8O3.CH4O4S.CH4/c1-14-7-5-3-4-6-8(7)15(2)9(14)10(11,12)13;11-10(12,13)9(16)7-3-1-6(2-4-7)8(15)5-14;10-5-7-1-3-8(4-2-7)9(12)6-11;1-5-6(2,3)4;/h3-6H,1-2H3;1-4,9,14,16H,5H2;1-5,11H,6H2;1H3,(H,2,3,4);1H4/q+1;;;;/p-1. The molecule has 0 bridgehead atoms. The molecule has 0 aliphatic heterocycles. The molecule has 0 saturated carbocycles. The van der Waals surface area contributed by atoms with Crippen molar-refractivity contribution < 1.29 is 77.8 Å². The zero-order valence-corrected chi connectivity index (χ0v) is 26.6. The number of rotatable bonds is 7. The number of aryl methyl sites for hydroxylation is 2. The van der Waals surface area contributed by atoms with Gasteiger partial charge in [-0.15, -0.1) is 0 Å².